The molecule has 1 N–H and O–H groups in total. The van der Waals surface area contributed by atoms with E-state index in [-0.39, 0.29) is 17.5 Å². The van der Waals surface area contributed by atoms with Gasteiger partial charge in [0.15, 0.2) is 9.84 Å². The molecule has 1 fully saturated rings. The minimum absolute atomic E-state index is 0.00103. The van der Waals surface area contributed by atoms with Gasteiger partial charge in [-0.3, -0.25) is 0 Å². The van der Waals surface area contributed by atoms with E-state index < -0.39 is 9.84 Å². The van der Waals surface area contributed by atoms with Crippen LogP contribution in [0, 0.1) is 0 Å². The second-order valence-corrected chi connectivity index (χ2v) is 7.43. The zero-order chi connectivity index (χ0) is 14.0. The highest BCUT2D eigenvalue weighted by molar-refractivity contribution is 7.91. The van der Waals surface area contributed by atoms with Crippen molar-refractivity contribution in [3.8, 4) is 0 Å². The highest BCUT2D eigenvalue weighted by Gasteiger charge is 2.31. The molecule has 2 rings (SSSR count). The van der Waals surface area contributed by atoms with Crippen LogP contribution in [0.3, 0.4) is 0 Å². The molecule has 0 spiro atoms. The molecular weight excluding hydrogens is 286 g/mol. The molecule has 7 heteroatoms. The van der Waals surface area contributed by atoms with Gasteiger partial charge in [-0.05, 0) is 25.6 Å². The largest absolute Gasteiger partial charge is 0.356 e. The van der Waals surface area contributed by atoms with Crippen molar-refractivity contribution in [3.63, 3.8) is 0 Å². The average Bonchev–Trinajstić information content (AvgIpc) is 2.72. The molecule has 0 radical (unpaired) electrons. The van der Waals surface area contributed by atoms with Gasteiger partial charge in [0.1, 0.15) is 5.82 Å². The minimum atomic E-state index is -2.88. The van der Waals surface area contributed by atoms with Gasteiger partial charge >= 0.3 is 0 Å². The topological polar surface area (TPSA) is 62.3 Å². The van der Waals surface area contributed by atoms with E-state index in [9.17, 15) is 8.42 Å². The lowest BCUT2D eigenvalue weighted by Gasteiger charge is -2.25. The maximum atomic E-state index is 11.5. The van der Waals surface area contributed by atoms with Crippen LogP contribution in [0.2, 0.25) is 5.02 Å². The summed E-state index contributed by atoms with van der Waals surface area (Å²) >= 11 is 6.07. The quantitative estimate of drug-likeness (QED) is 0.902. The molecule has 0 aliphatic carbocycles. The van der Waals surface area contributed by atoms with Gasteiger partial charge in [-0.25, -0.2) is 13.4 Å². The summed E-state index contributed by atoms with van der Waals surface area (Å²) in [7, 11) is 0.826. The number of halogens is 1. The number of anilines is 1. The van der Waals surface area contributed by atoms with E-state index in [0.29, 0.717) is 18.0 Å². The molecule has 0 saturated carbocycles. The van der Waals surface area contributed by atoms with Crippen LogP contribution in [-0.2, 0) is 16.4 Å². The maximum absolute atomic E-state index is 11.5. The molecule has 1 aliphatic rings. The molecule has 1 saturated heterocycles. The minimum Gasteiger partial charge on any atom is -0.356 e. The second kappa shape index (κ2) is 5.64. The molecule has 1 unspecified atom stereocenters. The van der Waals surface area contributed by atoms with Crippen molar-refractivity contribution in [2.75, 3.05) is 30.5 Å². The van der Waals surface area contributed by atoms with Crippen molar-refractivity contribution in [1.29, 1.82) is 0 Å². The predicted molar refractivity (Wildman–Crippen MR) is 77.5 cm³/mol. The Bertz CT molecular complexity index is 562. The van der Waals surface area contributed by atoms with E-state index in [1.807, 2.05) is 25.1 Å². The predicted octanol–water partition coefficient (Wildman–Crippen LogP) is 1.08. The Labute approximate surface area is 118 Å². The summed E-state index contributed by atoms with van der Waals surface area (Å²) in [5.74, 6) is 1.23. The van der Waals surface area contributed by atoms with Crippen LogP contribution < -0.4 is 10.2 Å². The third-order valence-corrected chi connectivity index (χ3v) is 5.46. The van der Waals surface area contributed by atoms with Crippen LogP contribution in [0.5, 0.6) is 0 Å². The zero-order valence-electron chi connectivity index (χ0n) is 11.1. The number of aromatic nitrogens is 1. The van der Waals surface area contributed by atoms with Crippen molar-refractivity contribution in [2.45, 2.75) is 19.0 Å². The summed E-state index contributed by atoms with van der Waals surface area (Å²) in [5.41, 5.74) is 0.773. The highest BCUT2D eigenvalue weighted by atomic mass is 35.5. The van der Waals surface area contributed by atoms with E-state index in [4.69, 9.17) is 11.6 Å². The van der Waals surface area contributed by atoms with Crippen molar-refractivity contribution in [1.82, 2.24) is 10.3 Å². The molecule has 1 aromatic heterocycles. The number of pyridine rings is 1. The molecule has 5 nitrogen and oxygen atoms in total. The van der Waals surface area contributed by atoms with E-state index in [1.165, 1.54) is 0 Å². The first-order valence-corrected chi connectivity index (χ1v) is 8.36. The number of hydrogen-bond acceptors (Lipinski definition) is 5. The molecule has 0 amide bonds. The Balaban J connectivity index is 2.20. The average molecular weight is 304 g/mol. The second-order valence-electron chi connectivity index (χ2n) is 4.80. The van der Waals surface area contributed by atoms with Crippen LogP contribution in [0.1, 0.15) is 12.1 Å². The summed E-state index contributed by atoms with van der Waals surface area (Å²) in [6, 6.07) is 3.63. The molecule has 1 atom stereocenters. The Hall–Kier alpha value is -0.850. The number of nitrogens with one attached hydrogen (secondary N) is 1. The van der Waals surface area contributed by atoms with Crippen molar-refractivity contribution < 1.29 is 8.42 Å². The Morgan fingerprint density at radius 3 is 2.84 bits per heavy atom. The van der Waals surface area contributed by atoms with Crippen molar-refractivity contribution in [3.05, 3.63) is 22.8 Å². The Kier molecular flexibility index (Phi) is 4.32. The van der Waals surface area contributed by atoms with Gasteiger partial charge in [0.2, 0.25) is 0 Å². The van der Waals surface area contributed by atoms with Crippen LogP contribution in [-0.4, -0.2) is 45.0 Å². The lowest BCUT2D eigenvalue weighted by molar-refractivity contribution is 0.600. The lowest BCUT2D eigenvalue weighted by Crippen LogP contribution is -2.33. The molecule has 0 aromatic carbocycles. The van der Waals surface area contributed by atoms with Gasteiger partial charge in [-0.15, -0.1) is 0 Å². The van der Waals surface area contributed by atoms with Gasteiger partial charge < -0.3 is 10.2 Å². The van der Waals surface area contributed by atoms with Crippen LogP contribution in [0.25, 0.3) is 0 Å². The van der Waals surface area contributed by atoms with Gasteiger partial charge in [-0.1, -0.05) is 11.6 Å². The Morgan fingerprint density at radius 2 is 2.26 bits per heavy atom. The normalized spacial score (nSPS) is 21.5. The molecule has 1 aliphatic heterocycles. The van der Waals surface area contributed by atoms with Crippen LogP contribution in [0.15, 0.2) is 12.1 Å². The third kappa shape index (κ3) is 3.38. The van der Waals surface area contributed by atoms with E-state index in [0.717, 1.165) is 11.5 Å². The fourth-order valence-electron chi connectivity index (χ4n) is 2.23. The van der Waals surface area contributed by atoms with Crippen molar-refractivity contribution >= 4 is 27.3 Å². The summed E-state index contributed by atoms with van der Waals surface area (Å²) in [4.78, 5) is 6.42. The first kappa shape index (κ1) is 14.6. The summed E-state index contributed by atoms with van der Waals surface area (Å²) in [6.07, 6.45) is 0.657. The number of sulfone groups is 1. The fourth-order valence-corrected chi connectivity index (χ4v) is 4.18. The molecule has 2 heterocycles. The van der Waals surface area contributed by atoms with E-state index in [1.54, 1.807) is 6.07 Å². The third-order valence-electron chi connectivity index (χ3n) is 3.37. The van der Waals surface area contributed by atoms with Gasteiger partial charge in [-0.2, -0.15) is 0 Å². The standard InChI is InChI=1S/C12H18ClN3O2S/c1-14-7-11-10(13)3-4-12(15-11)16(2)9-5-6-19(17,18)8-9/h3-4,9,14H,5-8H2,1-2H3. The lowest BCUT2D eigenvalue weighted by atomic mass is 10.2. The number of rotatable bonds is 4. The van der Waals surface area contributed by atoms with Gasteiger partial charge in [0.05, 0.1) is 22.2 Å². The molecule has 106 valence electrons. The van der Waals surface area contributed by atoms with Crippen LogP contribution >= 0.6 is 11.6 Å². The molecular formula is C12H18ClN3O2S. The first-order chi connectivity index (χ1) is 8.93. The SMILES string of the molecule is CNCc1nc(N(C)C2CCS(=O)(=O)C2)ccc1Cl. The highest BCUT2D eigenvalue weighted by Crippen LogP contribution is 2.24. The fraction of sp³-hybridized carbons (Fsp3) is 0.583. The first-order valence-electron chi connectivity index (χ1n) is 6.16. The summed E-state index contributed by atoms with van der Waals surface area (Å²) < 4.78 is 23.0. The zero-order valence-corrected chi connectivity index (χ0v) is 12.6. The number of nitrogens with zero attached hydrogens (tertiary/aromatic N) is 2. The smallest absolute Gasteiger partial charge is 0.152 e. The van der Waals surface area contributed by atoms with Gasteiger partial charge in [0, 0.05) is 19.6 Å². The molecule has 19 heavy (non-hydrogen) atoms. The summed E-state index contributed by atoms with van der Waals surface area (Å²) in [6.45, 7) is 0.587. The maximum Gasteiger partial charge on any atom is 0.152 e. The van der Waals surface area contributed by atoms with E-state index >= 15 is 0 Å². The number of hydrogen-bond donors (Lipinski definition) is 1. The van der Waals surface area contributed by atoms with Gasteiger partial charge in [0.25, 0.3) is 0 Å². The summed E-state index contributed by atoms with van der Waals surface area (Å²) in [5, 5.41) is 3.63. The Morgan fingerprint density at radius 1 is 1.53 bits per heavy atom. The molecule has 0 bridgehead atoms. The van der Waals surface area contributed by atoms with E-state index in [2.05, 4.69) is 10.3 Å². The van der Waals surface area contributed by atoms with Crippen LogP contribution in [0.4, 0.5) is 5.82 Å². The monoisotopic (exact) mass is 303 g/mol. The van der Waals surface area contributed by atoms with Crippen molar-refractivity contribution in [2.24, 2.45) is 0 Å². The molecule has 1 aromatic rings.